The van der Waals surface area contributed by atoms with E-state index in [4.69, 9.17) is 5.73 Å². The summed E-state index contributed by atoms with van der Waals surface area (Å²) in [5, 5.41) is 7.35. The summed E-state index contributed by atoms with van der Waals surface area (Å²) < 4.78 is 1.69. The number of hydrogen-bond acceptors (Lipinski definition) is 3. The topological polar surface area (TPSA) is 72.9 Å². The van der Waals surface area contributed by atoms with Crippen molar-refractivity contribution in [1.82, 2.24) is 15.1 Å². The minimum absolute atomic E-state index is 0.0236. The van der Waals surface area contributed by atoms with Gasteiger partial charge in [0.2, 0.25) is 0 Å². The first-order valence-corrected chi connectivity index (χ1v) is 6.45. The molecule has 5 heteroatoms. The molecule has 1 fully saturated rings. The Morgan fingerprint density at radius 3 is 2.83 bits per heavy atom. The number of nitrogens with one attached hydrogen (secondary N) is 1. The van der Waals surface area contributed by atoms with E-state index in [1.165, 1.54) is 0 Å². The fourth-order valence-corrected chi connectivity index (χ4v) is 2.43. The second-order valence-corrected chi connectivity index (χ2v) is 5.71. The van der Waals surface area contributed by atoms with Crippen LogP contribution in [0, 0.1) is 5.41 Å². The Labute approximate surface area is 108 Å². The SMILES string of the molecule is CCc1nn(C)cc1C(=O)NC1CC(N)C1(C)C. The lowest BCUT2D eigenvalue weighted by Crippen LogP contribution is -2.64. The number of amides is 1. The zero-order valence-electron chi connectivity index (χ0n) is 11.5. The summed E-state index contributed by atoms with van der Waals surface area (Å²) in [4.78, 5) is 12.2. The van der Waals surface area contributed by atoms with Gasteiger partial charge in [0, 0.05) is 30.7 Å². The Morgan fingerprint density at radius 1 is 1.67 bits per heavy atom. The van der Waals surface area contributed by atoms with Crippen molar-refractivity contribution in [3.05, 3.63) is 17.5 Å². The van der Waals surface area contributed by atoms with E-state index in [0.29, 0.717) is 5.56 Å². The molecule has 1 heterocycles. The smallest absolute Gasteiger partial charge is 0.254 e. The molecule has 5 nitrogen and oxygen atoms in total. The van der Waals surface area contributed by atoms with Gasteiger partial charge >= 0.3 is 0 Å². The van der Waals surface area contributed by atoms with Crippen molar-refractivity contribution in [1.29, 1.82) is 0 Å². The number of rotatable bonds is 3. The summed E-state index contributed by atoms with van der Waals surface area (Å²) in [6, 6.07) is 0.326. The lowest BCUT2D eigenvalue weighted by Gasteiger charge is -2.50. The predicted octanol–water partition coefficient (Wildman–Crippen LogP) is 0.838. The minimum atomic E-state index is -0.0371. The van der Waals surface area contributed by atoms with Gasteiger partial charge in [-0.15, -0.1) is 0 Å². The number of carbonyl (C=O) groups excluding carboxylic acids is 1. The molecule has 1 saturated carbocycles. The molecule has 18 heavy (non-hydrogen) atoms. The summed E-state index contributed by atoms with van der Waals surface area (Å²) in [7, 11) is 1.83. The number of hydrogen-bond donors (Lipinski definition) is 2. The van der Waals surface area contributed by atoms with Crippen LogP contribution in [-0.4, -0.2) is 27.8 Å². The van der Waals surface area contributed by atoms with Crippen molar-refractivity contribution >= 4 is 5.91 Å². The number of nitrogens with two attached hydrogens (primary N) is 1. The second kappa shape index (κ2) is 4.39. The van der Waals surface area contributed by atoms with Gasteiger partial charge in [-0.05, 0) is 12.8 Å². The highest BCUT2D eigenvalue weighted by Crippen LogP contribution is 2.39. The molecule has 100 valence electrons. The molecule has 0 radical (unpaired) electrons. The highest BCUT2D eigenvalue weighted by molar-refractivity contribution is 5.95. The lowest BCUT2D eigenvalue weighted by atomic mass is 9.63. The maximum atomic E-state index is 12.2. The van der Waals surface area contributed by atoms with Gasteiger partial charge in [0.1, 0.15) is 0 Å². The molecule has 3 N–H and O–H groups in total. The summed E-state index contributed by atoms with van der Waals surface area (Å²) in [5.74, 6) is -0.0371. The van der Waals surface area contributed by atoms with E-state index in [1.54, 1.807) is 10.9 Å². The monoisotopic (exact) mass is 250 g/mol. The maximum Gasteiger partial charge on any atom is 0.254 e. The molecule has 1 aromatic heterocycles. The lowest BCUT2D eigenvalue weighted by molar-refractivity contribution is 0.0586. The van der Waals surface area contributed by atoms with Crippen LogP contribution < -0.4 is 11.1 Å². The third-order valence-electron chi connectivity index (χ3n) is 4.13. The normalized spacial score (nSPS) is 25.6. The van der Waals surface area contributed by atoms with Gasteiger partial charge < -0.3 is 11.1 Å². The first kappa shape index (κ1) is 13.1. The Hall–Kier alpha value is -1.36. The third-order valence-corrected chi connectivity index (χ3v) is 4.13. The predicted molar refractivity (Wildman–Crippen MR) is 70.2 cm³/mol. The molecule has 1 aliphatic rings. The van der Waals surface area contributed by atoms with Gasteiger partial charge in [0.25, 0.3) is 5.91 Å². The average Bonchev–Trinajstić information content (AvgIpc) is 2.70. The van der Waals surface area contributed by atoms with Crippen LogP contribution in [0.1, 0.15) is 43.2 Å². The molecular formula is C13H22N4O. The molecule has 1 aliphatic carbocycles. The molecule has 0 spiro atoms. The maximum absolute atomic E-state index is 12.2. The van der Waals surface area contributed by atoms with Crippen molar-refractivity contribution in [3.8, 4) is 0 Å². The van der Waals surface area contributed by atoms with Crippen molar-refractivity contribution < 1.29 is 4.79 Å². The van der Waals surface area contributed by atoms with Crippen molar-refractivity contribution in [2.75, 3.05) is 0 Å². The van der Waals surface area contributed by atoms with E-state index in [2.05, 4.69) is 24.3 Å². The van der Waals surface area contributed by atoms with Gasteiger partial charge in [-0.25, -0.2) is 0 Å². The van der Waals surface area contributed by atoms with Crippen LogP contribution >= 0.6 is 0 Å². The number of aromatic nitrogens is 2. The Morgan fingerprint density at radius 2 is 2.33 bits per heavy atom. The summed E-state index contributed by atoms with van der Waals surface area (Å²) in [6.07, 6.45) is 3.39. The van der Waals surface area contributed by atoms with Gasteiger partial charge in [-0.1, -0.05) is 20.8 Å². The number of aryl methyl sites for hydroxylation is 2. The molecule has 2 rings (SSSR count). The third kappa shape index (κ3) is 2.03. The Kier molecular flexibility index (Phi) is 3.19. The molecule has 0 aliphatic heterocycles. The fourth-order valence-electron chi connectivity index (χ4n) is 2.43. The fraction of sp³-hybridized carbons (Fsp3) is 0.692. The first-order chi connectivity index (χ1) is 8.36. The second-order valence-electron chi connectivity index (χ2n) is 5.71. The van der Waals surface area contributed by atoms with Crippen LogP contribution in [0.3, 0.4) is 0 Å². The molecule has 2 unspecified atom stereocenters. The summed E-state index contributed by atoms with van der Waals surface area (Å²) in [5.41, 5.74) is 7.45. The molecule has 2 atom stereocenters. The van der Waals surface area contributed by atoms with Gasteiger partial charge in [0.15, 0.2) is 0 Å². The van der Waals surface area contributed by atoms with E-state index in [-0.39, 0.29) is 23.4 Å². The summed E-state index contributed by atoms with van der Waals surface area (Å²) in [6.45, 7) is 6.19. The van der Waals surface area contributed by atoms with Gasteiger partial charge in [0.05, 0.1) is 11.3 Å². The van der Waals surface area contributed by atoms with E-state index in [1.807, 2.05) is 14.0 Å². The molecule has 1 aromatic rings. The van der Waals surface area contributed by atoms with Gasteiger partial charge in [-0.3, -0.25) is 9.48 Å². The summed E-state index contributed by atoms with van der Waals surface area (Å²) >= 11 is 0. The first-order valence-electron chi connectivity index (χ1n) is 6.45. The molecule has 0 saturated heterocycles. The quantitative estimate of drug-likeness (QED) is 0.835. The van der Waals surface area contributed by atoms with Crippen LogP contribution in [-0.2, 0) is 13.5 Å². The van der Waals surface area contributed by atoms with E-state index < -0.39 is 0 Å². The highest BCUT2D eigenvalue weighted by Gasteiger charge is 2.46. The van der Waals surface area contributed by atoms with Crippen molar-refractivity contribution in [3.63, 3.8) is 0 Å². The van der Waals surface area contributed by atoms with Gasteiger partial charge in [-0.2, -0.15) is 5.10 Å². The number of nitrogens with zero attached hydrogens (tertiary/aromatic N) is 2. The zero-order valence-corrected chi connectivity index (χ0v) is 11.5. The van der Waals surface area contributed by atoms with Crippen molar-refractivity contribution in [2.24, 2.45) is 18.2 Å². The standard InChI is InChI=1S/C13H22N4O/c1-5-9-8(7-17(4)16-9)12(18)15-11-6-10(14)13(11,2)3/h7,10-11H,5-6,14H2,1-4H3,(H,15,18). The molecule has 1 amide bonds. The van der Waals surface area contributed by atoms with Crippen LogP contribution in [0.2, 0.25) is 0 Å². The van der Waals surface area contributed by atoms with Crippen LogP contribution in [0.15, 0.2) is 6.20 Å². The molecule has 0 aromatic carbocycles. The van der Waals surface area contributed by atoms with Crippen LogP contribution in [0.25, 0.3) is 0 Å². The van der Waals surface area contributed by atoms with Crippen molar-refractivity contribution in [2.45, 2.75) is 45.7 Å². The zero-order chi connectivity index (χ0) is 13.5. The van der Waals surface area contributed by atoms with Crippen LogP contribution in [0.5, 0.6) is 0 Å². The van der Waals surface area contributed by atoms with Crippen LogP contribution in [0.4, 0.5) is 0 Å². The largest absolute Gasteiger partial charge is 0.349 e. The Balaban J connectivity index is 2.09. The highest BCUT2D eigenvalue weighted by atomic mass is 16.1. The van der Waals surface area contributed by atoms with E-state index in [9.17, 15) is 4.79 Å². The molecular weight excluding hydrogens is 228 g/mol. The van der Waals surface area contributed by atoms with E-state index >= 15 is 0 Å². The average molecular weight is 250 g/mol. The molecule has 0 bridgehead atoms. The minimum Gasteiger partial charge on any atom is -0.349 e. The Bertz CT molecular complexity index is 464. The van der Waals surface area contributed by atoms with E-state index in [0.717, 1.165) is 18.5 Å². The number of carbonyl (C=O) groups is 1.